The lowest BCUT2D eigenvalue weighted by molar-refractivity contribution is -0.180. The van der Waals surface area contributed by atoms with Gasteiger partial charge < -0.3 is 25.0 Å². The van der Waals surface area contributed by atoms with E-state index in [2.05, 4.69) is 44.5 Å². The molecule has 0 fully saturated rings. The Kier molecular flexibility index (Phi) is 7.39. The lowest BCUT2D eigenvalue weighted by Crippen LogP contribution is -2.47. The molecular weight excluding hydrogens is 398 g/mol. The van der Waals surface area contributed by atoms with Crippen LogP contribution in [0.1, 0.15) is 37.5 Å². The first-order chi connectivity index (χ1) is 14.2. The van der Waals surface area contributed by atoms with Crippen molar-refractivity contribution in [2.45, 2.75) is 58.1 Å². The molecule has 1 aliphatic heterocycles. The van der Waals surface area contributed by atoms with E-state index in [1.165, 1.54) is 11.1 Å². The monoisotopic (exact) mass is 431 g/mol. The maximum atomic E-state index is 12.3. The van der Waals surface area contributed by atoms with Crippen LogP contribution in [-0.2, 0) is 24.2 Å². The van der Waals surface area contributed by atoms with Gasteiger partial charge in [-0.25, -0.2) is 4.79 Å². The van der Waals surface area contributed by atoms with E-state index in [-0.39, 0.29) is 18.1 Å². The Morgan fingerprint density at radius 2 is 2.03 bits per heavy atom. The molecule has 2 atom stereocenters. The van der Waals surface area contributed by atoms with Crippen LogP contribution in [0, 0.1) is 0 Å². The van der Waals surface area contributed by atoms with E-state index in [4.69, 9.17) is 9.47 Å². The summed E-state index contributed by atoms with van der Waals surface area (Å²) >= 11 is 1.68. The number of hydrogen-bond acceptors (Lipinski definition) is 5. The molecule has 2 heterocycles. The van der Waals surface area contributed by atoms with Gasteiger partial charge in [-0.15, -0.1) is 0 Å². The average Bonchev–Trinajstić information content (AvgIpc) is 3.17. The predicted octanol–water partition coefficient (Wildman–Crippen LogP) is 3.80. The maximum Gasteiger partial charge on any atom is 0.315 e. The second-order valence-corrected chi connectivity index (χ2v) is 9.43. The summed E-state index contributed by atoms with van der Waals surface area (Å²) < 4.78 is 11.6. The van der Waals surface area contributed by atoms with Crippen molar-refractivity contribution in [3.8, 4) is 5.75 Å². The van der Waals surface area contributed by atoms with Crippen LogP contribution < -0.4 is 15.4 Å². The number of ether oxygens (including phenoxy) is 2. The van der Waals surface area contributed by atoms with Crippen molar-refractivity contribution in [2.75, 3.05) is 20.6 Å². The van der Waals surface area contributed by atoms with Crippen molar-refractivity contribution >= 4 is 17.4 Å². The number of nitrogens with zero attached hydrogens (tertiary/aromatic N) is 1. The number of carbonyl (C=O) groups is 1. The Morgan fingerprint density at radius 3 is 2.73 bits per heavy atom. The summed E-state index contributed by atoms with van der Waals surface area (Å²) in [5, 5.41) is 10.2. The number of amides is 2. The molecule has 1 aromatic carbocycles. The summed E-state index contributed by atoms with van der Waals surface area (Å²) in [5.74, 6) is 0.298. The van der Waals surface area contributed by atoms with Crippen molar-refractivity contribution in [3.63, 3.8) is 0 Å². The Balaban J connectivity index is 1.52. The predicted molar refractivity (Wildman–Crippen MR) is 121 cm³/mol. The van der Waals surface area contributed by atoms with E-state index in [9.17, 15) is 4.79 Å². The molecule has 1 aromatic heterocycles. The zero-order chi connectivity index (χ0) is 21.7. The topological polar surface area (TPSA) is 62.8 Å². The SMILES string of the molecule is C[C@@H](Cc1ccsc1)NC(=O)NC[C@H](Cc1ccc2c(c1)COC(C)(C)O2)N(C)C. The molecule has 0 saturated heterocycles. The van der Waals surface area contributed by atoms with Gasteiger partial charge in [-0.05, 0) is 73.9 Å². The number of fused-ring (bicyclic) bond motifs is 1. The molecule has 0 saturated carbocycles. The van der Waals surface area contributed by atoms with Crippen LogP contribution in [0.5, 0.6) is 5.75 Å². The molecule has 2 aromatic rings. The van der Waals surface area contributed by atoms with Gasteiger partial charge in [-0.1, -0.05) is 6.07 Å². The average molecular weight is 432 g/mol. The van der Waals surface area contributed by atoms with Crippen LogP contribution in [0.2, 0.25) is 0 Å². The van der Waals surface area contributed by atoms with Gasteiger partial charge in [0.1, 0.15) is 5.75 Å². The largest absolute Gasteiger partial charge is 0.463 e. The van der Waals surface area contributed by atoms with E-state index in [0.717, 1.165) is 24.2 Å². The number of urea groups is 1. The fourth-order valence-electron chi connectivity index (χ4n) is 3.53. The molecule has 0 bridgehead atoms. The fourth-order valence-corrected chi connectivity index (χ4v) is 4.21. The first-order valence-corrected chi connectivity index (χ1v) is 11.3. The highest BCUT2D eigenvalue weighted by Crippen LogP contribution is 2.32. The van der Waals surface area contributed by atoms with Crippen molar-refractivity contribution < 1.29 is 14.3 Å². The van der Waals surface area contributed by atoms with E-state index < -0.39 is 5.79 Å². The zero-order valence-corrected chi connectivity index (χ0v) is 19.3. The van der Waals surface area contributed by atoms with Crippen molar-refractivity contribution in [1.82, 2.24) is 15.5 Å². The lowest BCUT2D eigenvalue weighted by Gasteiger charge is -2.33. The van der Waals surface area contributed by atoms with Crippen LogP contribution in [-0.4, -0.2) is 49.4 Å². The number of likely N-dealkylation sites (N-methyl/N-ethyl adjacent to an activating group) is 1. The molecule has 1 aliphatic rings. The summed E-state index contributed by atoms with van der Waals surface area (Å²) in [6.07, 6.45) is 1.67. The van der Waals surface area contributed by atoms with Crippen LogP contribution in [0.25, 0.3) is 0 Å². The molecule has 30 heavy (non-hydrogen) atoms. The second-order valence-electron chi connectivity index (χ2n) is 8.65. The van der Waals surface area contributed by atoms with Gasteiger partial charge in [0.25, 0.3) is 0 Å². The van der Waals surface area contributed by atoms with Gasteiger partial charge >= 0.3 is 6.03 Å². The number of rotatable bonds is 8. The Bertz CT molecular complexity index is 836. The number of nitrogens with one attached hydrogen (secondary N) is 2. The minimum atomic E-state index is -0.585. The number of carbonyl (C=O) groups excluding carboxylic acids is 1. The summed E-state index contributed by atoms with van der Waals surface area (Å²) in [4.78, 5) is 14.5. The highest BCUT2D eigenvalue weighted by molar-refractivity contribution is 7.07. The molecule has 0 radical (unpaired) electrons. The molecule has 7 heteroatoms. The molecule has 3 rings (SSSR count). The summed E-state index contributed by atoms with van der Waals surface area (Å²) in [7, 11) is 4.08. The van der Waals surface area contributed by atoms with Crippen molar-refractivity contribution in [3.05, 3.63) is 51.7 Å². The minimum Gasteiger partial charge on any atom is -0.463 e. The fraction of sp³-hybridized carbons (Fsp3) is 0.522. The van der Waals surface area contributed by atoms with E-state index >= 15 is 0 Å². The minimum absolute atomic E-state index is 0.0855. The molecular formula is C23H33N3O3S. The number of thiophene rings is 1. The van der Waals surface area contributed by atoms with Crippen LogP contribution >= 0.6 is 11.3 Å². The number of hydrogen-bond donors (Lipinski definition) is 2. The molecule has 0 spiro atoms. The molecule has 2 N–H and O–H groups in total. The number of benzene rings is 1. The van der Waals surface area contributed by atoms with Gasteiger partial charge in [-0.2, -0.15) is 11.3 Å². The third kappa shape index (κ3) is 6.45. The first kappa shape index (κ1) is 22.6. The van der Waals surface area contributed by atoms with Gasteiger partial charge in [0.2, 0.25) is 5.79 Å². The molecule has 0 unspecified atom stereocenters. The van der Waals surface area contributed by atoms with E-state index in [0.29, 0.717) is 13.2 Å². The third-order valence-corrected chi connectivity index (χ3v) is 5.99. The van der Waals surface area contributed by atoms with Gasteiger partial charge in [0.05, 0.1) is 6.61 Å². The van der Waals surface area contributed by atoms with Crippen LogP contribution in [0.4, 0.5) is 4.79 Å². The standard InChI is InChI=1S/C23H33N3O3S/c1-16(10-18-8-9-30-15-18)25-22(27)24-13-20(26(4)5)12-17-6-7-21-19(11-17)14-28-23(2,3)29-21/h6-9,11,15-16,20H,10,12-14H2,1-5H3,(H2,24,25,27)/t16-,20-/m0/s1. The lowest BCUT2D eigenvalue weighted by atomic mass is 10.0. The van der Waals surface area contributed by atoms with E-state index in [1.807, 2.05) is 40.9 Å². The summed E-state index contributed by atoms with van der Waals surface area (Å²) in [5.41, 5.74) is 3.52. The Hall–Kier alpha value is -2.09. The quantitative estimate of drug-likeness (QED) is 0.667. The highest BCUT2D eigenvalue weighted by atomic mass is 32.1. The van der Waals surface area contributed by atoms with Gasteiger partial charge in [0.15, 0.2) is 0 Å². The third-order valence-electron chi connectivity index (χ3n) is 5.26. The summed E-state index contributed by atoms with van der Waals surface area (Å²) in [6.45, 7) is 6.99. The first-order valence-electron chi connectivity index (χ1n) is 10.4. The molecule has 6 nitrogen and oxygen atoms in total. The van der Waals surface area contributed by atoms with Crippen molar-refractivity contribution in [1.29, 1.82) is 0 Å². The Morgan fingerprint density at radius 1 is 1.23 bits per heavy atom. The van der Waals surface area contributed by atoms with Gasteiger partial charge in [0, 0.05) is 38.0 Å². The second kappa shape index (κ2) is 9.81. The molecule has 2 amide bonds. The smallest absolute Gasteiger partial charge is 0.315 e. The zero-order valence-electron chi connectivity index (χ0n) is 18.5. The van der Waals surface area contributed by atoms with Gasteiger partial charge in [-0.3, -0.25) is 0 Å². The normalized spacial score (nSPS) is 17.0. The maximum absolute atomic E-state index is 12.3. The van der Waals surface area contributed by atoms with E-state index in [1.54, 1.807) is 11.3 Å². The van der Waals surface area contributed by atoms with Crippen LogP contribution in [0.3, 0.4) is 0 Å². The van der Waals surface area contributed by atoms with Crippen LogP contribution in [0.15, 0.2) is 35.0 Å². The molecule has 164 valence electrons. The van der Waals surface area contributed by atoms with Crippen molar-refractivity contribution in [2.24, 2.45) is 0 Å². The Labute approximate surface area is 183 Å². The summed E-state index contributed by atoms with van der Waals surface area (Å²) in [6, 6.07) is 8.50. The molecule has 0 aliphatic carbocycles. The highest BCUT2D eigenvalue weighted by Gasteiger charge is 2.27.